The van der Waals surface area contributed by atoms with Crippen LogP contribution in [-0.4, -0.2) is 93.5 Å². The van der Waals surface area contributed by atoms with Gasteiger partial charge < -0.3 is 31.5 Å². The van der Waals surface area contributed by atoms with E-state index in [1.54, 1.807) is 12.1 Å². The summed E-state index contributed by atoms with van der Waals surface area (Å²) in [5.74, 6) is -1.45. The first-order valence-electron chi connectivity index (χ1n) is 11.9. The molecule has 0 aliphatic carbocycles. The van der Waals surface area contributed by atoms with Crippen molar-refractivity contribution >= 4 is 41.0 Å². The van der Waals surface area contributed by atoms with Crippen LogP contribution in [0.25, 0.3) is 0 Å². The number of rotatable bonds is 13. The average Bonchev–Trinajstić information content (AvgIpc) is 3.34. The Morgan fingerprint density at radius 1 is 1.21 bits per heavy atom. The molecule has 2 rings (SSSR count). The van der Waals surface area contributed by atoms with Crippen molar-refractivity contribution in [2.24, 2.45) is 10.7 Å². The summed E-state index contributed by atoms with van der Waals surface area (Å²) in [4.78, 5) is 27.8. The van der Waals surface area contributed by atoms with Crippen LogP contribution in [0.3, 0.4) is 0 Å². The molecular weight excluding hydrogens is 552 g/mol. The van der Waals surface area contributed by atoms with E-state index in [1.165, 1.54) is 0 Å². The monoisotopic (exact) mass is 586 g/mol. The van der Waals surface area contributed by atoms with E-state index in [0.29, 0.717) is 41.9 Å². The summed E-state index contributed by atoms with van der Waals surface area (Å²) in [5, 5.41) is 17.5. The Labute approximate surface area is 230 Å². The Morgan fingerprint density at radius 2 is 1.82 bits per heavy atom. The van der Waals surface area contributed by atoms with E-state index in [1.807, 2.05) is 19.0 Å². The average molecular weight is 587 g/mol. The molecule has 38 heavy (non-hydrogen) atoms. The van der Waals surface area contributed by atoms with Crippen LogP contribution < -0.4 is 26.4 Å². The number of alkyl halides is 3. The van der Waals surface area contributed by atoms with E-state index >= 15 is 0 Å². The van der Waals surface area contributed by atoms with Crippen molar-refractivity contribution in [2.45, 2.75) is 37.9 Å². The van der Waals surface area contributed by atoms with Gasteiger partial charge in [-0.2, -0.15) is 13.2 Å². The number of carboxylic acids is 1. The van der Waals surface area contributed by atoms with E-state index < -0.39 is 12.1 Å². The predicted octanol–water partition coefficient (Wildman–Crippen LogP) is 2.27. The second-order valence-electron chi connectivity index (χ2n) is 8.45. The number of nitrogens with one attached hydrogen (secondary N) is 3. The highest BCUT2D eigenvalue weighted by molar-refractivity contribution is 6.37. The number of carbonyl (C=O) groups is 2. The molecule has 1 aromatic carbocycles. The first-order chi connectivity index (χ1) is 17.9. The molecule has 1 aliphatic heterocycles. The highest BCUT2D eigenvalue weighted by Crippen LogP contribution is 2.34. The van der Waals surface area contributed by atoms with Crippen LogP contribution in [0.15, 0.2) is 17.1 Å². The van der Waals surface area contributed by atoms with Gasteiger partial charge in [0.1, 0.15) is 0 Å². The highest BCUT2D eigenvalue weighted by atomic mass is 35.5. The van der Waals surface area contributed by atoms with Gasteiger partial charge >= 0.3 is 12.1 Å². The van der Waals surface area contributed by atoms with E-state index in [4.69, 9.17) is 43.6 Å². The summed E-state index contributed by atoms with van der Waals surface area (Å²) in [6.45, 7) is 4.17. The van der Waals surface area contributed by atoms with E-state index in [0.717, 1.165) is 50.4 Å². The lowest BCUT2D eigenvalue weighted by molar-refractivity contribution is -0.192. The molecule has 1 atom stereocenters. The molecule has 0 spiro atoms. The van der Waals surface area contributed by atoms with Crippen LogP contribution in [0.2, 0.25) is 10.0 Å². The number of hydrogen-bond acceptors (Lipinski definition) is 8. The molecule has 0 fully saturated rings. The number of hydrogen-bond donors (Lipinski definition) is 5. The number of nitrogens with two attached hydrogens (primary N) is 1. The zero-order valence-electron chi connectivity index (χ0n) is 21.3. The zero-order valence-corrected chi connectivity index (χ0v) is 22.8. The second kappa shape index (κ2) is 17.2. The van der Waals surface area contributed by atoms with Crippen molar-refractivity contribution in [1.82, 2.24) is 20.9 Å². The first-order valence-corrected chi connectivity index (χ1v) is 12.7. The van der Waals surface area contributed by atoms with E-state index in [-0.39, 0.29) is 11.9 Å². The van der Waals surface area contributed by atoms with E-state index in [9.17, 15) is 18.0 Å². The van der Waals surface area contributed by atoms with Crippen LogP contribution >= 0.6 is 23.2 Å². The number of aliphatic carboxylic acids is 1. The smallest absolute Gasteiger partial charge is 0.490 e. The minimum Gasteiger partial charge on any atom is -0.490 e. The molecule has 15 heteroatoms. The molecule has 1 aromatic rings. The summed E-state index contributed by atoms with van der Waals surface area (Å²) in [5.41, 5.74) is 6.37. The van der Waals surface area contributed by atoms with Gasteiger partial charge in [0.2, 0.25) is 5.91 Å². The van der Waals surface area contributed by atoms with Crippen LogP contribution in [0.4, 0.5) is 13.2 Å². The van der Waals surface area contributed by atoms with Crippen LogP contribution in [0.1, 0.15) is 24.8 Å². The van der Waals surface area contributed by atoms with Gasteiger partial charge in [0, 0.05) is 19.6 Å². The Morgan fingerprint density at radius 3 is 2.32 bits per heavy atom. The topological polar surface area (TPSA) is 141 Å². The molecule has 0 aromatic heterocycles. The third-order valence-electron chi connectivity index (χ3n) is 5.12. The number of guanidine groups is 1. The maximum atomic E-state index is 12.7. The summed E-state index contributed by atoms with van der Waals surface area (Å²) in [7, 11) is 3.77. The molecule has 216 valence electrons. The normalized spacial score (nSPS) is 13.7. The SMILES string of the molecule is CN(C)C(Cc1cc(Cl)c(OCCCN)c(Cl)c1)C(=O)NCCCCNC1=NCCN1.O=C(O)C(F)(F)F. The number of carbonyl (C=O) groups excluding carboxylic acids is 1. The molecule has 6 N–H and O–H groups in total. The Balaban J connectivity index is 0.000000905. The van der Waals surface area contributed by atoms with Gasteiger partial charge in [0.05, 0.1) is 29.2 Å². The van der Waals surface area contributed by atoms with Crippen molar-refractivity contribution in [1.29, 1.82) is 0 Å². The number of ether oxygens (including phenoxy) is 1. The number of benzene rings is 1. The summed E-state index contributed by atoms with van der Waals surface area (Å²) >= 11 is 12.7. The molecule has 0 bridgehead atoms. The van der Waals surface area contributed by atoms with Gasteiger partial charge in [-0.1, -0.05) is 23.2 Å². The second-order valence-corrected chi connectivity index (χ2v) is 9.26. The molecule has 0 saturated heterocycles. The lowest BCUT2D eigenvalue weighted by atomic mass is 10.0. The Kier molecular flexibility index (Phi) is 15.2. The van der Waals surface area contributed by atoms with Crippen molar-refractivity contribution in [2.75, 3.05) is 53.4 Å². The molecule has 1 amide bonds. The molecule has 0 saturated carbocycles. The number of unbranched alkanes of at least 4 members (excludes halogenated alkanes) is 1. The predicted molar refractivity (Wildman–Crippen MR) is 141 cm³/mol. The molecular formula is C23H35Cl2F3N6O4. The number of amides is 1. The lowest BCUT2D eigenvalue weighted by Crippen LogP contribution is -2.45. The van der Waals surface area contributed by atoms with E-state index in [2.05, 4.69) is 20.9 Å². The third-order valence-corrected chi connectivity index (χ3v) is 5.68. The fraction of sp³-hybridized carbons (Fsp3) is 0.609. The Bertz CT molecular complexity index is 912. The number of carboxylic acid groups (broad SMARTS) is 1. The molecule has 1 heterocycles. The largest absolute Gasteiger partial charge is 0.490 e. The molecule has 1 unspecified atom stereocenters. The van der Waals surface area contributed by atoms with Gasteiger partial charge in [-0.3, -0.25) is 14.7 Å². The molecule has 1 aliphatic rings. The first kappa shape index (κ1) is 33.5. The number of likely N-dealkylation sites (N-methyl/N-ethyl adjacent to an activating group) is 1. The summed E-state index contributed by atoms with van der Waals surface area (Å²) in [6.07, 6.45) is -2.03. The third kappa shape index (κ3) is 12.9. The maximum Gasteiger partial charge on any atom is 0.490 e. The lowest BCUT2D eigenvalue weighted by Gasteiger charge is -2.24. The fourth-order valence-corrected chi connectivity index (χ4v) is 3.80. The minimum absolute atomic E-state index is 0.0182. The van der Waals surface area contributed by atoms with Gasteiger partial charge in [0.15, 0.2) is 11.7 Å². The van der Waals surface area contributed by atoms with Crippen LogP contribution in [-0.2, 0) is 16.0 Å². The van der Waals surface area contributed by atoms with Crippen molar-refractivity contribution < 1.29 is 32.6 Å². The van der Waals surface area contributed by atoms with Crippen molar-refractivity contribution in [3.05, 3.63) is 27.7 Å². The van der Waals surface area contributed by atoms with Crippen molar-refractivity contribution in [3.63, 3.8) is 0 Å². The summed E-state index contributed by atoms with van der Waals surface area (Å²) in [6, 6.07) is 3.28. The minimum atomic E-state index is -5.08. The standard InChI is InChI=1S/C21H34Cl2N6O2.C2HF3O2/c1-29(2)18(20(30)25-7-3-4-8-26-21-27-9-10-28-21)14-15-12-16(22)19(17(23)13-15)31-11-5-6-24;3-2(4,5)1(6)7/h12-13,18H,3-11,14,24H2,1-2H3,(H,25,30)(H2,26,27,28);(H,6,7). The highest BCUT2D eigenvalue weighted by Gasteiger charge is 2.38. The number of aliphatic imine (C=N–C) groups is 1. The number of halogens is 5. The maximum absolute atomic E-state index is 12.7. The van der Waals surface area contributed by atoms with Crippen molar-refractivity contribution in [3.8, 4) is 5.75 Å². The van der Waals surface area contributed by atoms with Gasteiger partial charge in [-0.15, -0.1) is 0 Å². The van der Waals surface area contributed by atoms with Gasteiger partial charge in [-0.05, 0) is 64.0 Å². The van der Waals surface area contributed by atoms with Crippen LogP contribution in [0.5, 0.6) is 5.75 Å². The zero-order chi connectivity index (χ0) is 28.7. The Hall–Kier alpha value is -2.48. The van der Waals surface area contributed by atoms with Gasteiger partial charge in [0.25, 0.3) is 0 Å². The number of nitrogens with zero attached hydrogens (tertiary/aromatic N) is 2. The van der Waals surface area contributed by atoms with Crippen LogP contribution in [0, 0.1) is 0 Å². The molecule has 10 nitrogen and oxygen atoms in total. The van der Waals surface area contributed by atoms with Gasteiger partial charge in [-0.25, -0.2) is 4.79 Å². The fourth-order valence-electron chi connectivity index (χ4n) is 3.16. The summed E-state index contributed by atoms with van der Waals surface area (Å²) < 4.78 is 37.4. The molecule has 0 radical (unpaired) electrons. The quantitative estimate of drug-likeness (QED) is 0.222.